The Kier molecular flexibility index (Phi) is 5.78. The maximum absolute atomic E-state index is 13.1. The molecule has 1 fully saturated rings. The van der Waals surface area contributed by atoms with Crippen molar-refractivity contribution in [2.75, 3.05) is 33.4 Å². The molecule has 1 aromatic carbocycles. The number of phenolic OH excluding ortho intramolecular Hbond substituents is 1. The normalized spacial score (nSPS) is 14.7. The second kappa shape index (κ2) is 8.64. The molecule has 2 aromatic heterocycles. The van der Waals surface area contributed by atoms with E-state index in [1.54, 1.807) is 24.4 Å². The van der Waals surface area contributed by atoms with Crippen LogP contribution in [0.5, 0.6) is 11.5 Å². The van der Waals surface area contributed by atoms with Gasteiger partial charge in [0.25, 0.3) is 0 Å². The average molecular weight is 410 g/mol. The Hall–Kier alpha value is -3.23. The summed E-state index contributed by atoms with van der Waals surface area (Å²) in [6, 6.07) is 4.92. The number of aromatic nitrogens is 1. The second-order valence-electron chi connectivity index (χ2n) is 7.05. The van der Waals surface area contributed by atoms with Gasteiger partial charge in [0.2, 0.25) is 0 Å². The van der Waals surface area contributed by atoms with Crippen molar-refractivity contribution in [3.8, 4) is 11.5 Å². The molecule has 0 atom stereocenters. The Morgan fingerprint density at radius 1 is 1.23 bits per heavy atom. The van der Waals surface area contributed by atoms with E-state index < -0.39 is 12.2 Å². The van der Waals surface area contributed by atoms with E-state index in [1.807, 2.05) is 0 Å². The molecule has 1 saturated heterocycles. The van der Waals surface area contributed by atoms with E-state index >= 15 is 0 Å². The summed E-state index contributed by atoms with van der Waals surface area (Å²) >= 11 is 0. The van der Waals surface area contributed by atoms with Gasteiger partial charge in [-0.25, -0.2) is 0 Å². The van der Waals surface area contributed by atoms with Gasteiger partial charge in [0.15, 0.2) is 11.6 Å². The largest absolute Gasteiger partial charge is 0.507 e. The third kappa shape index (κ3) is 3.79. The number of rotatable bonds is 7. The summed E-state index contributed by atoms with van der Waals surface area (Å²) in [6.45, 7) is 3.00. The number of furan rings is 1. The maximum Gasteiger partial charge on any atom is 0.178 e. The standard InChI is InChI=1S/C22H22N2O6/c1-28-22-15-4-8-30-21(15)16(13-24-6-9-29-10-7-24)20(27)19(22)18(26)11-17(25)14-3-2-5-23-12-14/h2-5,8,12,27H,6-7,9-11,13H2,1H3. The first kappa shape index (κ1) is 20.1. The number of fused-ring (bicyclic) bond motifs is 1. The van der Waals surface area contributed by atoms with Gasteiger partial charge in [0.05, 0.1) is 44.0 Å². The molecule has 1 aliphatic heterocycles. The molecule has 3 heterocycles. The van der Waals surface area contributed by atoms with Crippen LogP contribution in [-0.4, -0.2) is 60.0 Å². The van der Waals surface area contributed by atoms with Crippen molar-refractivity contribution >= 4 is 22.5 Å². The van der Waals surface area contributed by atoms with E-state index in [-0.39, 0.29) is 22.8 Å². The number of carbonyl (C=O) groups excluding carboxylic acids is 2. The maximum atomic E-state index is 13.1. The first-order valence-corrected chi connectivity index (χ1v) is 9.65. The molecule has 156 valence electrons. The van der Waals surface area contributed by atoms with Crippen LogP contribution >= 0.6 is 0 Å². The van der Waals surface area contributed by atoms with E-state index in [1.165, 1.54) is 19.6 Å². The quantitative estimate of drug-likeness (QED) is 0.469. The number of methoxy groups -OCH3 is 1. The van der Waals surface area contributed by atoms with Crippen molar-refractivity contribution in [3.05, 3.63) is 53.5 Å². The number of hydrogen-bond acceptors (Lipinski definition) is 8. The second-order valence-corrected chi connectivity index (χ2v) is 7.05. The summed E-state index contributed by atoms with van der Waals surface area (Å²) in [7, 11) is 1.42. The van der Waals surface area contributed by atoms with E-state index in [0.717, 1.165) is 0 Å². The molecule has 8 heteroatoms. The van der Waals surface area contributed by atoms with E-state index in [4.69, 9.17) is 13.9 Å². The zero-order valence-electron chi connectivity index (χ0n) is 16.6. The molecular weight excluding hydrogens is 388 g/mol. The molecule has 0 saturated carbocycles. The molecule has 30 heavy (non-hydrogen) atoms. The zero-order valence-corrected chi connectivity index (χ0v) is 16.6. The molecule has 0 aliphatic carbocycles. The Morgan fingerprint density at radius 3 is 2.73 bits per heavy atom. The number of nitrogens with zero attached hydrogens (tertiary/aromatic N) is 2. The van der Waals surface area contributed by atoms with E-state index in [9.17, 15) is 14.7 Å². The fraction of sp³-hybridized carbons (Fsp3) is 0.318. The highest BCUT2D eigenvalue weighted by Crippen LogP contribution is 2.42. The van der Waals surface area contributed by atoms with Gasteiger partial charge < -0.3 is 19.0 Å². The number of ketones is 2. The molecule has 8 nitrogen and oxygen atoms in total. The van der Waals surface area contributed by atoms with Crippen LogP contribution < -0.4 is 4.74 Å². The third-order valence-corrected chi connectivity index (χ3v) is 5.21. The summed E-state index contributed by atoms with van der Waals surface area (Å²) < 4.78 is 16.4. The molecule has 0 amide bonds. The Balaban J connectivity index is 1.73. The Labute approximate surface area is 173 Å². The summed E-state index contributed by atoms with van der Waals surface area (Å²) in [6.07, 6.45) is 4.05. The van der Waals surface area contributed by atoms with Gasteiger partial charge in [-0.3, -0.25) is 19.5 Å². The highest BCUT2D eigenvalue weighted by molar-refractivity contribution is 6.17. The first-order chi connectivity index (χ1) is 14.6. The summed E-state index contributed by atoms with van der Waals surface area (Å²) in [5.41, 5.74) is 1.29. The molecule has 0 spiro atoms. The topological polar surface area (TPSA) is 102 Å². The smallest absolute Gasteiger partial charge is 0.178 e. The summed E-state index contributed by atoms with van der Waals surface area (Å²) in [4.78, 5) is 31.7. The number of carbonyl (C=O) groups is 2. The van der Waals surface area contributed by atoms with Gasteiger partial charge in [-0.15, -0.1) is 0 Å². The number of aromatic hydroxyl groups is 1. The number of benzene rings is 1. The third-order valence-electron chi connectivity index (χ3n) is 5.21. The van der Waals surface area contributed by atoms with Gasteiger partial charge in [-0.2, -0.15) is 0 Å². The fourth-order valence-electron chi connectivity index (χ4n) is 3.69. The minimum atomic E-state index is -0.524. The lowest BCUT2D eigenvalue weighted by molar-refractivity contribution is 0.0339. The van der Waals surface area contributed by atoms with Crippen LogP contribution in [-0.2, 0) is 11.3 Å². The van der Waals surface area contributed by atoms with Gasteiger partial charge in [0, 0.05) is 37.6 Å². The van der Waals surface area contributed by atoms with Crippen LogP contribution in [0.3, 0.4) is 0 Å². The number of Topliss-reactive ketones (excluding diaryl/α,β-unsaturated/α-hetero) is 2. The molecule has 1 aliphatic rings. The number of phenols is 1. The van der Waals surface area contributed by atoms with E-state index in [0.29, 0.717) is 54.9 Å². The van der Waals surface area contributed by atoms with Gasteiger partial charge >= 0.3 is 0 Å². The van der Waals surface area contributed by atoms with Gasteiger partial charge in [0.1, 0.15) is 22.6 Å². The number of pyridine rings is 1. The lowest BCUT2D eigenvalue weighted by atomic mass is 9.96. The predicted molar refractivity (Wildman–Crippen MR) is 108 cm³/mol. The molecule has 1 N–H and O–H groups in total. The summed E-state index contributed by atoms with van der Waals surface area (Å²) in [5, 5.41) is 11.6. The lowest BCUT2D eigenvalue weighted by Crippen LogP contribution is -2.35. The lowest BCUT2D eigenvalue weighted by Gasteiger charge is -2.27. The van der Waals surface area contributed by atoms with Crippen LogP contribution in [0.4, 0.5) is 0 Å². The predicted octanol–water partition coefficient (Wildman–Crippen LogP) is 2.83. The Bertz CT molecular complexity index is 1070. The SMILES string of the molecule is COc1c(C(=O)CC(=O)c2cccnc2)c(O)c(CN2CCOCC2)c2occc12. The summed E-state index contributed by atoms with van der Waals surface area (Å²) in [5.74, 6) is -0.920. The highest BCUT2D eigenvalue weighted by atomic mass is 16.5. The van der Waals surface area contributed by atoms with Crippen molar-refractivity contribution < 1.29 is 28.6 Å². The fourth-order valence-corrected chi connectivity index (χ4v) is 3.69. The van der Waals surface area contributed by atoms with E-state index in [2.05, 4.69) is 9.88 Å². The molecule has 0 unspecified atom stereocenters. The van der Waals surface area contributed by atoms with Gasteiger partial charge in [-0.05, 0) is 18.2 Å². The molecule has 3 aromatic rings. The number of hydrogen-bond donors (Lipinski definition) is 1. The van der Waals surface area contributed by atoms with Crippen LogP contribution in [0.15, 0.2) is 41.3 Å². The van der Waals surface area contributed by atoms with Crippen molar-refractivity contribution in [1.82, 2.24) is 9.88 Å². The average Bonchev–Trinajstić information content (AvgIpc) is 3.26. The van der Waals surface area contributed by atoms with Crippen LogP contribution in [0.2, 0.25) is 0 Å². The van der Waals surface area contributed by atoms with Crippen LogP contribution in [0, 0.1) is 0 Å². The molecular formula is C22H22N2O6. The monoisotopic (exact) mass is 410 g/mol. The van der Waals surface area contributed by atoms with Gasteiger partial charge in [-0.1, -0.05) is 0 Å². The first-order valence-electron chi connectivity index (χ1n) is 9.65. The molecule has 0 radical (unpaired) electrons. The zero-order chi connectivity index (χ0) is 21.1. The Morgan fingerprint density at radius 2 is 2.03 bits per heavy atom. The van der Waals surface area contributed by atoms with Crippen molar-refractivity contribution in [1.29, 1.82) is 0 Å². The van der Waals surface area contributed by atoms with Crippen molar-refractivity contribution in [2.24, 2.45) is 0 Å². The van der Waals surface area contributed by atoms with Crippen molar-refractivity contribution in [3.63, 3.8) is 0 Å². The highest BCUT2D eigenvalue weighted by Gasteiger charge is 2.29. The van der Waals surface area contributed by atoms with Crippen molar-refractivity contribution in [2.45, 2.75) is 13.0 Å². The van der Waals surface area contributed by atoms with Crippen LogP contribution in [0.1, 0.15) is 32.7 Å². The molecule has 4 rings (SSSR count). The number of morpholine rings is 1. The van der Waals surface area contributed by atoms with Crippen LogP contribution in [0.25, 0.3) is 11.0 Å². The minimum Gasteiger partial charge on any atom is -0.507 e. The number of ether oxygens (including phenoxy) is 2. The molecule has 0 bridgehead atoms. The minimum absolute atomic E-state index is 0.00750.